The third-order valence-electron chi connectivity index (χ3n) is 5.86. The van der Waals surface area contributed by atoms with Gasteiger partial charge in [0, 0.05) is 32.4 Å². The van der Waals surface area contributed by atoms with Gasteiger partial charge in [-0.2, -0.15) is 4.98 Å². The molecule has 0 fully saturated rings. The van der Waals surface area contributed by atoms with E-state index in [1.807, 2.05) is 78.2 Å². The number of imidazole rings is 1. The summed E-state index contributed by atoms with van der Waals surface area (Å²) in [5.74, 6) is 1.47. The van der Waals surface area contributed by atoms with Gasteiger partial charge in [0.1, 0.15) is 5.75 Å². The van der Waals surface area contributed by atoms with Crippen LogP contribution in [0.25, 0.3) is 17.2 Å². The summed E-state index contributed by atoms with van der Waals surface area (Å²) in [6.07, 6.45) is 3.74. The molecule has 33 heavy (non-hydrogen) atoms. The normalized spacial score (nSPS) is 13.2. The van der Waals surface area contributed by atoms with E-state index < -0.39 is 0 Å². The minimum Gasteiger partial charge on any atom is -0.494 e. The first-order chi connectivity index (χ1) is 16.1. The second-order valence-electron chi connectivity index (χ2n) is 7.88. The Morgan fingerprint density at radius 1 is 1.03 bits per heavy atom. The maximum absolute atomic E-state index is 13.3. The summed E-state index contributed by atoms with van der Waals surface area (Å²) in [5, 5.41) is 0. The molecule has 0 saturated carbocycles. The van der Waals surface area contributed by atoms with Gasteiger partial charge in [-0.25, -0.2) is 4.79 Å². The molecule has 2 aromatic heterocycles. The van der Waals surface area contributed by atoms with Gasteiger partial charge in [-0.1, -0.05) is 42.5 Å². The highest BCUT2D eigenvalue weighted by atomic mass is 16.5. The van der Waals surface area contributed by atoms with E-state index in [9.17, 15) is 9.59 Å². The number of hydrogen-bond acceptors (Lipinski definition) is 5. The van der Waals surface area contributed by atoms with Crippen molar-refractivity contribution in [3.8, 4) is 5.75 Å². The van der Waals surface area contributed by atoms with E-state index in [0.29, 0.717) is 36.8 Å². The molecular weight excluding hydrogens is 418 g/mol. The molecule has 8 heteroatoms. The Bertz CT molecular complexity index is 1450. The fourth-order valence-corrected chi connectivity index (χ4v) is 4.23. The zero-order valence-electron chi connectivity index (χ0n) is 18.6. The summed E-state index contributed by atoms with van der Waals surface area (Å²) in [6, 6.07) is 17.6. The number of nitrogens with zero attached hydrogens (tertiary/aromatic N) is 5. The van der Waals surface area contributed by atoms with Crippen molar-refractivity contribution >= 4 is 28.9 Å². The van der Waals surface area contributed by atoms with Gasteiger partial charge >= 0.3 is 5.69 Å². The first-order valence-corrected chi connectivity index (χ1v) is 11.0. The molecule has 0 N–H and O–H groups in total. The molecule has 2 aromatic carbocycles. The summed E-state index contributed by atoms with van der Waals surface area (Å²) in [6.45, 7) is 4.07. The standard InChI is InChI=1S/C25H25N5O3/c1-3-33-20-13-11-19(12-14-20)28-16-17-29-21-22(26-24(28)29)27(2)25(32)30(23(21)31)15-7-10-18-8-5-4-6-9-18/h4-14H,3,15-17H2,1-2H3. The largest absolute Gasteiger partial charge is 0.494 e. The number of aromatic nitrogens is 4. The molecular formula is C25H25N5O3. The number of benzene rings is 2. The van der Waals surface area contributed by atoms with Gasteiger partial charge in [0.05, 0.1) is 6.61 Å². The predicted octanol–water partition coefficient (Wildman–Crippen LogP) is 3.16. The van der Waals surface area contributed by atoms with Crippen molar-refractivity contribution in [3.63, 3.8) is 0 Å². The highest BCUT2D eigenvalue weighted by Gasteiger charge is 2.28. The van der Waals surface area contributed by atoms with Crippen molar-refractivity contribution in [1.82, 2.24) is 18.7 Å². The average molecular weight is 444 g/mol. The first-order valence-electron chi connectivity index (χ1n) is 11.0. The Morgan fingerprint density at radius 2 is 1.79 bits per heavy atom. The summed E-state index contributed by atoms with van der Waals surface area (Å²) < 4.78 is 10.2. The lowest BCUT2D eigenvalue weighted by atomic mass is 10.2. The Hall–Kier alpha value is -4.07. The Balaban J connectivity index is 1.53. The van der Waals surface area contributed by atoms with Crippen molar-refractivity contribution < 1.29 is 4.74 Å². The van der Waals surface area contributed by atoms with Crippen LogP contribution in [0.1, 0.15) is 12.5 Å². The van der Waals surface area contributed by atoms with Crippen LogP contribution in [0.2, 0.25) is 0 Å². The Kier molecular flexibility index (Phi) is 5.34. The molecule has 0 atom stereocenters. The van der Waals surface area contributed by atoms with Crippen LogP contribution in [0.15, 0.2) is 70.3 Å². The summed E-state index contributed by atoms with van der Waals surface area (Å²) in [7, 11) is 1.66. The SMILES string of the molecule is CCOc1ccc(N2CCn3c2nc2c3c(=O)n(CC=Cc3ccccc3)c(=O)n2C)cc1. The third kappa shape index (κ3) is 3.63. The van der Waals surface area contributed by atoms with Gasteiger partial charge in [-0.05, 0) is 36.8 Å². The number of hydrogen-bond donors (Lipinski definition) is 0. The molecule has 4 aromatic rings. The molecule has 0 aliphatic carbocycles. The first kappa shape index (κ1) is 20.8. The van der Waals surface area contributed by atoms with Gasteiger partial charge in [-0.15, -0.1) is 0 Å². The lowest BCUT2D eigenvalue weighted by molar-refractivity contribution is 0.340. The van der Waals surface area contributed by atoms with E-state index in [1.54, 1.807) is 7.05 Å². The van der Waals surface area contributed by atoms with Gasteiger partial charge in [0.25, 0.3) is 5.56 Å². The van der Waals surface area contributed by atoms with E-state index in [4.69, 9.17) is 4.74 Å². The number of aryl methyl sites for hydroxylation is 1. The molecule has 1 aliphatic heterocycles. The minimum atomic E-state index is -0.380. The van der Waals surface area contributed by atoms with E-state index in [2.05, 4.69) is 9.88 Å². The molecule has 3 heterocycles. The number of fused-ring (bicyclic) bond motifs is 3. The smallest absolute Gasteiger partial charge is 0.332 e. The molecule has 0 unspecified atom stereocenters. The Morgan fingerprint density at radius 3 is 2.52 bits per heavy atom. The maximum atomic E-state index is 13.3. The second-order valence-corrected chi connectivity index (χ2v) is 7.88. The predicted molar refractivity (Wildman–Crippen MR) is 129 cm³/mol. The highest BCUT2D eigenvalue weighted by molar-refractivity contribution is 5.77. The monoisotopic (exact) mass is 443 g/mol. The van der Waals surface area contributed by atoms with Gasteiger partial charge in [0.15, 0.2) is 11.2 Å². The number of rotatable bonds is 6. The number of anilines is 2. The fraction of sp³-hybridized carbons (Fsp3) is 0.240. The van der Waals surface area contributed by atoms with Crippen LogP contribution in [-0.2, 0) is 20.1 Å². The molecule has 8 nitrogen and oxygen atoms in total. The molecule has 168 valence electrons. The van der Waals surface area contributed by atoms with Crippen LogP contribution in [0.3, 0.4) is 0 Å². The van der Waals surface area contributed by atoms with E-state index in [-0.39, 0.29) is 17.8 Å². The Labute approximate surface area is 190 Å². The van der Waals surface area contributed by atoms with Crippen LogP contribution in [-0.4, -0.2) is 31.8 Å². The highest BCUT2D eigenvalue weighted by Crippen LogP contribution is 2.32. The van der Waals surface area contributed by atoms with Crippen molar-refractivity contribution in [2.24, 2.45) is 7.05 Å². The molecule has 0 bridgehead atoms. The van der Waals surface area contributed by atoms with Gasteiger partial charge in [-0.3, -0.25) is 13.9 Å². The lowest BCUT2D eigenvalue weighted by Crippen LogP contribution is -2.39. The van der Waals surface area contributed by atoms with Crippen LogP contribution in [0.4, 0.5) is 11.6 Å². The third-order valence-corrected chi connectivity index (χ3v) is 5.86. The number of allylic oxidation sites excluding steroid dienone is 1. The van der Waals surface area contributed by atoms with Crippen molar-refractivity contribution in [1.29, 1.82) is 0 Å². The average Bonchev–Trinajstić information content (AvgIpc) is 3.41. The van der Waals surface area contributed by atoms with Crippen LogP contribution in [0, 0.1) is 0 Å². The van der Waals surface area contributed by atoms with E-state index in [0.717, 1.165) is 17.0 Å². The van der Waals surface area contributed by atoms with Crippen LogP contribution < -0.4 is 20.9 Å². The molecule has 0 radical (unpaired) electrons. The van der Waals surface area contributed by atoms with E-state index >= 15 is 0 Å². The van der Waals surface area contributed by atoms with Crippen LogP contribution >= 0.6 is 0 Å². The van der Waals surface area contributed by atoms with E-state index in [1.165, 1.54) is 9.13 Å². The molecule has 1 aliphatic rings. The van der Waals surface area contributed by atoms with Crippen molar-refractivity contribution in [2.75, 3.05) is 18.1 Å². The topological polar surface area (TPSA) is 74.3 Å². The van der Waals surface area contributed by atoms with Crippen LogP contribution in [0.5, 0.6) is 5.75 Å². The summed E-state index contributed by atoms with van der Waals surface area (Å²) >= 11 is 0. The maximum Gasteiger partial charge on any atom is 0.332 e. The number of ether oxygens (including phenoxy) is 1. The molecule has 0 amide bonds. The quantitative estimate of drug-likeness (QED) is 0.458. The zero-order valence-corrected chi connectivity index (χ0v) is 18.6. The second kappa shape index (κ2) is 8.46. The minimum absolute atomic E-state index is 0.194. The summed E-state index contributed by atoms with van der Waals surface area (Å²) in [5.41, 5.74) is 2.13. The van der Waals surface area contributed by atoms with Gasteiger partial charge in [0.2, 0.25) is 5.95 Å². The van der Waals surface area contributed by atoms with Gasteiger partial charge < -0.3 is 14.2 Å². The summed E-state index contributed by atoms with van der Waals surface area (Å²) in [4.78, 5) is 33.0. The molecule has 0 spiro atoms. The molecule has 0 saturated heterocycles. The van der Waals surface area contributed by atoms with Crippen molar-refractivity contribution in [2.45, 2.75) is 20.0 Å². The van der Waals surface area contributed by atoms with Crippen molar-refractivity contribution in [3.05, 3.63) is 87.1 Å². The molecule has 5 rings (SSSR count). The fourth-order valence-electron chi connectivity index (χ4n) is 4.23. The lowest BCUT2D eigenvalue weighted by Gasteiger charge is -2.16. The zero-order chi connectivity index (χ0) is 22.9.